The first kappa shape index (κ1) is 11.4. The predicted octanol–water partition coefficient (Wildman–Crippen LogP) is 1.14. The average Bonchev–Trinajstić information content (AvgIpc) is 2.29. The molecule has 0 aliphatic heterocycles. The van der Waals surface area contributed by atoms with Crippen molar-refractivity contribution < 1.29 is 14.6 Å². The standard InChI is InChI=1S/C12H16O4/c1-2-7-3-4-10-9(11(7)14)5-8(6-13)12(15)16-10/h5,7,11,13-14H,2-4,6H2,1H3. The Morgan fingerprint density at radius 1 is 1.56 bits per heavy atom. The van der Waals surface area contributed by atoms with E-state index in [1.165, 1.54) is 0 Å². The van der Waals surface area contributed by atoms with E-state index in [1.807, 2.05) is 6.92 Å². The minimum atomic E-state index is -0.580. The highest BCUT2D eigenvalue weighted by atomic mass is 16.4. The second-order valence-electron chi connectivity index (χ2n) is 4.25. The van der Waals surface area contributed by atoms with Gasteiger partial charge in [0.05, 0.1) is 18.3 Å². The van der Waals surface area contributed by atoms with E-state index in [1.54, 1.807) is 6.07 Å². The highest BCUT2D eigenvalue weighted by Crippen LogP contribution is 2.35. The Balaban J connectivity index is 2.46. The molecule has 1 heterocycles. The molecule has 0 bridgehead atoms. The molecule has 2 rings (SSSR count). The number of rotatable bonds is 2. The lowest BCUT2D eigenvalue weighted by atomic mass is 9.83. The molecule has 1 aromatic heterocycles. The zero-order valence-electron chi connectivity index (χ0n) is 9.27. The third-order valence-electron chi connectivity index (χ3n) is 3.33. The fraction of sp³-hybridized carbons (Fsp3) is 0.583. The van der Waals surface area contributed by atoms with Crippen molar-refractivity contribution in [1.82, 2.24) is 0 Å². The molecule has 88 valence electrons. The van der Waals surface area contributed by atoms with E-state index in [-0.39, 0.29) is 18.1 Å². The molecule has 0 saturated heterocycles. The first-order chi connectivity index (χ1) is 7.67. The van der Waals surface area contributed by atoms with Gasteiger partial charge in [-0.1, -0.05) is 13.3 Å². The van der Waals surface area contributed by atoms with Crippen LogP contribution < -0.4 is 5.63 Å². The molecule has 2 unspecified atom stereocenters. The molecule has 0 fully saturated rings. The number of aliphatic hydroxyl groups excluding tert-OH is 2. The predicted molar refractivity (Wildman–Crippen MR) is 58.0 cm³/mol. The lowest BCUT2D eigenvalue weighted by molar-refractivity contribution is 0.0839. The third kappa shape index (κ3) is 1.79. The number of aryl methyl sites for hydroxylation is 1. The van der Waals surface area contributed by atoms with Crippen molar-refractivity contribution in [3.05, 3.63) is 33.4 Å². The normalized spacial score (nSPS) is 24.2. The largest absolute Gasteiger partial charge is 0.427 e. The summed E-state index contributed by atoms with van der Waals surface area (Å²) in [6.07, 6.45) is 1.84. The molecule has 4 nitrogen and oxygen atoms in total. The van der Waals surface area contributed by atoms with Gasteiger partial charge in [0.1, 0.15) is 5.76 Å². The molecule has 2 N–H and O–H groups in total. The van der Waals surface area contributed by atoms with E-state index in [2.05, 4.69) is 0 Å². The highest BCUT2D eigenvalue weighted by molar-refractivity contribution is 5.27. The maximum Gasteiger partial charge on any atom is 0.341 e. The van der Waals surface area contributed by atoms with E-state index in [0.717, 1.165) is 12.8 Å². The van der Waals surface area contributed by atoms with E-state index in [9.17, 15) is 9.90 Å². The second kappa shape index (κ2) is 4.39. The molecule has 0 radical (unpaired) electrons. The number of hydrogen-bond acceptors (Lipinski definition) is 4. The SMILES string of the molecule is CCC1CCc2oc(=O)c(CO)cc2C1O. The molecule has 4 heteroatoms. The lowest BCUT2D eigenvalue weighted by Gasteiger charge is -2.28. The molecule has 0 saturated carbocycles. The minimum Gasteiger partial charge on any atom is -0.427 e. The monoisotopic (exact) mass is 224 g/mol. The van der Waals surface area contributed by atoms with Gasteiger partial charge in [-0.15, -0.1) is 0 Å². The van der Waals surface area contributed by atoms with Crippen LogP contribution >= 0.6 is 0 Å². The summed E-state index contributed by atoms with van der Waals surface area (Å²) in [7, 11) is 0. The Bertz CT molecular complexity index is 435. The van der Waals surface area contributed by atoms with Crippen LogP contribution in [0.1, 0.15) is 42.8 Å². The van der Waals surface area contributed by atoms with Crippen LogP contribution in [0.2, 0.25) is 0 Å². The van der Waals surface area contributed by atoms with Crippen LogP contribution in [0.25, 0.3) is 0 Å². The van der Waals surface area contributed by atoms with Crippen LogP contribution in [0.4, 0.5) is 0 Å². The average molecular weight is 224 g/mol. The van der Waals surface area contributed by atoms with Crippen molar-refractivity contribution in [3.63, 3.8) is 0 Å². The molecule has 0 amide bonds. The van der Waals surface area contributed by atoms with E-state index < -0.39 is 11.7 Å². The number of hydrogen-bond donors (Lipinski definition) is 2. The molecular formula is C12H16O4. The lowest BCUT2D eigenvalue weighted by Crippen LogP contribution is -2.23. The highest BCUT2D eigenvalue weighted by Gasteiger charge is 2.29. The Morgan fingerprint density at radius 2 is 2.31 bits per heavy atom. The van der Waals surface area contributed by atoms with Crippen LogP contribution in [0, 0.1) is 5.92 Å². The number of aliphatic hydroxyl groups is 2. The van der Waals surface area contributed by atoms with Gasteiger partial charge in [0.2, 0.25) is 0 Å². The summed E-state index contributed by atoms with van der Waals surface area (Å²) in [5.74, 6) is 0.783. The quantitative estimate of drug-likeness (QED) is 0.790. The zero-order chi connectivity index (χ0) is 11.7. The van der Waals surface area contributed by atoms with Crippen molar-refractivity contribution in [2.24, 2.45) is 5.92 Å². The first-order valence-electron chi connectivity index (χ1n) is 5.62. The molecule has 1 aliphatic rings. The van der Waals surface area contributed by atoms with Gasteiger partial charge >= 0.3 is 5.63 Å². The summed E-state index contributed by atoms with van der Waals surface area (Å²) in [6.45, 7) is 1.68. The van der Waals surface area contributed by atoms with Gasteiger partial charge in [0, 0.05) is 12.0 Å². The Hall–Kier alpha value is -1.13. The summed E-state index contributed by atoms with van der Waals surface area (Å²) >= 11 is 0. The van der Waals surface area contributed by atoms with Gasteiger partial charge in [-0.3, -0.25) is 0 Å². The third-order valence-corrected chi connectivity index (χ3v) is 3.33. The van der Waals surface area contributed by atoms with Gasteiger partial charge in [0.15, 0.2) is 0 Å². The minimum absolute atomic E-state index is 0.215. The van der Waals surface area contributed by atoms with Crippen LogP contribution in [0.5, 0.6) is 0 Å². The van der Waals surface area contributed by atoms with E-state index >= 15 is 0 Å². The number of fused-ring (bicyclic) bond motifs is 1. The molecule has 16 heavy (non-hydrogen) atoms. The zero-order valence-corrected chi connectivity index (χ0v) is 9.27. The molecule has 1 aromatic rings. The smallest absolute Gasteiger partial charge is 0.341 e. The summed E-state index contributed by atoms with van der Waals surface area (Å²) in [5, 5.41) is 19.1. The Kier molecular flexibility index (Phi) is 3.12. The topological polar surface area (TPSA) is 70.7 Å². The van der Waals surface area contributed by atoms with Gasteiger partial charge < -0.3 is 14.6 Å². The summed E-state index contributed by atoms with van der Waals surface area (Å²) < 4.78 is 5.11. The maximum atomic E-state index is 11.4. The first-order valence-corrected chi connectivity index (χ1v) is 5.62. The van der Waals surface area contributed by atoms with Crippen molar-refractivity contribution in [3.8, 4) is 0 Å². The van der Waals surface area contributed by atoms with E-state index in [4.69, 9.17) is 9.52 Å². The second-order valence-corrected chi connectivity index (χ2v) is 4.25. The summed E-state index contributed by atoms with van der Waals surface area (Å²) in [5.41, 5.74) is 0.389. The summed E-state index contributed by atoms with van der Waals surface area (Å²) in [4.78, 5) is 11.4. The van der Waals surface area contributed by atoms with Gasteiger partial charge in [-0.25, -0.2) is 4.79 Å². The van der Waals surface area contributed by atoms with Gasteiger partial charge in [-0.05, 0) is 18.4 Å². The maximum absolute atomic E-state index is 11.4. The van der Waals surface area contributed by atoms with E-state index in [0.29, 0.717) is 17.7 Å². The Labute approximate surface area is 93.5 Å². The molecule has 0 aromatic carbocycles. The van der Waals surface area contributed by atoms with Crippen LogP contribution in [-0.4, -0.2) is 10.2 Å². The Morgan fingerprint density at radius 3 is 2.94 bits per heavy atom. The molecule has 0 spiro atoms. The van der Waals surface area contributed by atoms with Crippen molar-refractivity contribution in [1.29, 1.82) is 0 Å². The fourth-order valence-electron chi connectivity index (χ4n) is 2.28. The molecule has 1 aliphatic carbocycles. The van der Waals surface area contributed by atoms with Crippen LogP contribution in [-0.2, 0) is 13.0 Å². The summed E-state index contributed by atoms with van der Waals surface area (Å²) in [6, 6.07) is 1.58. The van der Waals surface area contributed by atoms with Crippen molar-refractivity contribution in [2.75, 3.05) is 0 Å². The molecular weight excluding hydrogens is 208 g/mol. The van der Waals surface area contributed by atoms with Crippen LogP contribution in [0.3, 0.4) is 0 Å². The van der Waals surface area contributed by atoms with Crippen molar-refractivity contribution in [2.45, 2.75) is 38.9 Å². The molecule has 2 atom stereocenters. The van der Waals surface area contributed by atoms with Crippen LogP contribution in [0.15, 0.2) is 15.3 Å². The van der Waals surface area contributed by atoms with Gasteiger partial charge in [-0.2, -0.15) is 0 Å². The van der Waals surface area contributed by atoms with Gasteiger partial charge in [0.25, 0.3) is 0 Å². The fourth-order valence-corrected chi connectivity index (χ4v) is 2.28. The van der Waals surface area contributed by atoms with Crippen molar-refractivity contribution >= 4 is 0 Å².